The largest absolute Gasteiger partial charge is 0.373 e. The zero-order chi connectivity index (χ0) is 5.40. The van der Waals surface area contributed by atoms with Crippen LogP contribution in [0, 0.1) is 0 Å². The second-order valence-corrected chi connectivity index (χ2v) is 1.74. The standard InChI is InChI=1S/C4H6N2O2/c1-3-4(2-5-1)8-6-7-3/h5-6H,1-2H2. The summed E-state index contributed by atoms with van der Waals surface area (Å²) in [6, 6.07) is 0. The Morgan fingerprint density at radius 2 is 1.75 bits per heavy atom. The first-order chi connectivity index (χ1) is 3.97. The normalized spacial score (nSPS) is 25.0. The molecule has 0 unspecified atom stereocenters. The van der Waals surface area contributed by atoms with Crippen molar-refractivity contribution in [2.75, 3.05) is 13.1 Å². The van der Waals surface area contributed by atoms with Crippen LogP contribution < -0.4 is 11.0 Å². The average molecular weight is 114 g/mol. The van der Waals surface area contributed by atoms with Crippen LogP contribution in [0.1, 0.15) is 0 Å². The lowest BCUT2D eigenvalue weighted by molar-refractivity contribution is -0.0704. The summed E-state index contributed by atoms with van der Waals surface area (Å²) in [5.74, 6) is 1.76. The molecule has 8 heavy (non-hydrogen) atoms. The van der Waals surface area contributed by atoms with E-state index in [9.17, 15) is 0 Å². The molecule has 0 saturated heterocycles. The Morgan fingerprint density at radius 3 is 2.38 bits per heavy atom. The summed E-state index contributed by atoms with van der Waals surface area (Å²) >= 11 is 0. The first-order valence-corrected chi connectivity index (χ1v) is 2.48. The van der Waals surface area contributed by atoms with E-state index >= 15 is 0 Å². The van der Waals surface area contributed by atoms with E-state index in [1.54, 1.807) is 0 Å². The van der Waals surface area contributed by atoms with Crippen LogP contribution in [0.2, 0.25) is 0 Å². The zero-order valence-electron chi connectivity index (χ0n) is 4.23. The van der Waals surface area contributed by atoms with Crippen molar-refractivity contribution in [3.63, 3.8) is 0 Å². The fourth-order valence-corrected chi connectivity index (χ4v) is 0.794. The molecule has 44 valence electrons. The molecule has 4 nitrogen and oxygen atoms in total. The lowest BCUT2D eigenvalue weighted by Gasteiger charge is -1.97. The Kier molecular flexibility index (Phi) is 0.712. The molecular formula is C4H6N2O2. The van der Waals surface area contributed by atoms with Crippen LogP contribution >= 0.6 is 0 Å². The third kappa shape index (κ3) is 0.410. The molecule has 0 aromatic rings. The maximum absolute atomic E-state index is 4.82. The van der Waals surface area contributed by atoms with Crippen molar-refractivity contribution >= 4 is 0 Å². The van der Waals surface area contributed by atoms with E-state index in [2.05, 4.69) is 11.0 Å². The highest BCUT2D eigenvalue weighted by Crippen LogP contribution is 2.14. The highest BCUT2D eigenvalue weighted by Gasteiger charge is 2.22. The molecule has 0 fully saturated rings. The van der Waals surface area contributed by atoms with E-state index in [4.69, 9.17) is 9.68 Å². The van der Waals surface area contributed by atoms with E-state index in [-0.39, 0.29) is 0 Å². The van der Waals surface area contributed by atoms with E-state index in [1.807, 2.05) is 0 Å². The highest BCUT2D eigenvalue weighted by atomic mass is 16.9. The summed E-state index contributed by atoms with van der Waals surface area (Å²) in [5.41, 5.74) is 2.31. The molecule has 0 amide bonds. The molecule has 2 aliphatic heterocycles. The lowest BCUT2D eigenvalue weighted by Crippen LogP contribution is -2.17. The fourth-order valence-electron chi connectivity index (χ4n) is 0.794. The van der Waals surface area contributed by atoms with Gasteiger partial charge in [0.25, 0.3) is 0 Å². The smallest absolute Gasteiger partial charge is 0.183 e. The summed E-state index contributed by atoms with van der Waals surface area (Å²) < 4.78 is 0. The molecule has 0 atom stereocenters. The second-order valence-electron chi connectivity index (χ2n) is 1.74. The van der Waals surface area contributed by atoms with Gasteiger partial charge in [0.1, 0.15) is 0 Å². The van der Waals surface area contributed by atoms with Crippen molar-refractivity contribution in [1.82, 2.24) is 11.0 Å². The Hall–Kier alpha value is -0.740. The van der Waals surface area contributed by atoms with Crippen molar-refractivity contribution < 1.29 is 9.68 Å². The first kappa shape index (κ1) is 4.17. The van der Waals surface area contributed by atoms with Gasteiger partial charge in [-0.1, -0.05) is 0 Å². The predicted octanol–water partition coefficient (Wildman–Crippen LogP) is -0.732. The van der Waals surface area contributed by atoms with Gasteiger partial charge in [-0.3, -0.25) is 0 Å². The Morgan fingerprint density at radius 1 is 1.12 bits per heavy atom. The summed E-state index contributed by atoms with van der Waals surface area (Å²) in [6.07, 6.45) is 0. The minimum Gasteiger partial charge on any atom is -0.373 e. The maximum atomic E-state index is 4.82. The van der Waals surface area contributed by atoms with Gasteiger partial charge in [0.05, 0.1) is 13.1 Å². The number of rotatable bonds is 0. The van der Waals surface area contributed by atoms with Crippen LogP contribution in [0.25, 0.3) is 0 Å². The molecule has 4 heteroatoms. The quantitative estimate of drug-likeness (QED) is 0.435. The van der Waals surface area contributed by atoms with Crippen LogP contribution in [-0.2, 0) is 9.68 Å². The van der Waals surface area contributed by atoms with Crippen molar-refractivity contribution in [1.29, 1.82) is 0 Å². The highest BCUT2D eigenvalue weighted by molar-refractivity contribution is 5.12. The predicted molar refractivity (Wildman–Crippen MR) is 25.2 cm³/mol. The fraction of sp³-hybridized carbons (Fsp3) is 0.500. The van der Waals surface area contributed by atoms with Gasteiger partial charge >= 0.3 is 0 Å². The third-order valence-corrected chi connectivity index (χ3v) is 1.21. The van der Waals surface area contributed by atoms with Gasteiger partial charge in [-0.25, -0.2) is 0 Å². The molecule has 0 saturated carbocycles. The van der Waals surface area contributed by atoms with Crippen molar-refractivity contribution in [3.05, 3.63) is 11.5 Å². The number of hydrogen-bond donors (Lipinski definition) is 2. The molecule has 2 aliphatic rings. The molecule has 0 aromatic carbocycles. The molecule has 0 radical (unpaired) electrons. The lowest BCUT2D eigenvalue weighted by atomic mass is 10.5. The van der Waals surface area contributed by atoms with Crippen molar-refractivity contribution in [3.8, 4) is 0 Å². The van der Waals surface area contributed by atoms with Gasteiger partial charge in [-0.05, 0) is 0 Å². The van der Waals surface area contributed by atoms with Gasteiger partial charge < -0.3 is 15.0 Å². The Bertz CT molecular complexity index is 115. The van der Waals surface area contributed by atoms with Crippen LogP contribution in [0.5, 0.6) is 0 Å². The van der Waals surface area contributed by atoms with E-state index in [0.717, 1.165) is 24.6 Å². The summed E-state index contributed by atoms with van der Waals surface area (Å²) in [4.78, 5) is 9.64. The third-order valence-electron chi connectivity index (χ3n) is 1.21. The van der Waals surface area contributed by atoms with Crippen LogP contribution in [0.3, 0.4) is 0 Å². The summed E-state index contributed by atoms with van der Waals surface area (Å²) in [6.45, 7) is 1.56. The molecular weight excluding hydrogens is 108 g/mol. The van der Waals surface area contributed by atoms with Crippen molar-refractivity contribution in [2.45, 2.75) is 0 Å². The van der Waals surface area contributed by atoms with Gasteiger partial charge in [0.2, 0.25) is 0 Å². The van der Waals surface area contributed by atoms with Crippen LogP contribution in [0.4, 0.5) is 0 Å². The zero-order valence-corrected chi connectivity index (χ0v) is 4.23. The molecule has 2 heterocycles. The van der Waals surface area contributed by atoms with Crippen molar-refractivity contribution in [2.24, 2.45) is 0 Å². The average Bonchev–Trinajstić information content (AvgIpc) is 2.15. The van der Waals surface area contributed by atoms with E-state index < -0.39 is 0 Å². The number of hydrogen-bond acceptors (Lipinski definition) is 4. The molecule has 0 aromatic heterocycles. The molecule has 2 N–H and O–H groups in total. The van der Waals surface area contributed by atoms with E-state index in [1.165, 1.54) is 0 Å². The Balaban J connectivity index is 2.23. The van der Waals surface area contributed by atoms with Crippen LogP contribution in [0.15, 0.2) is 11.5 Å². The van der Waals surface area contributed by atoms with Gasteiger partial charge in [0.15, 0.2) is 11.5 Å². The van der Waals surface area contributed by atoms with Gasteiger partial charge in [0, 0.05) is 5.64 Å². The minimum atomic E-state index is 0.780. The maximum Gasteiger partial charge on any atom is 0.183 e. The molecule has 0 bridgehead atoms. The van der Waals surface area contributed by atoms with Gasteiger partial charge in [-0.2, -0.15) is 0 Å². The molecule has 2 rings (SSSR count). The SMILES string of the molecule is C1NCC2=C1ONO2. The summed E-state index contributed by atoms with van der Waals surface area (Å²) in [5, 5.41) is 3.06. The first-order valence-electron chi connectivity index (χ1n) is 2.48. The minimum absolute atomic E-state index is 0.780. The summed E-state index contributed by atoms with van der Waals surface area (Å²) in [7, 11) is 0. The second kappa shape index (κ2) is 1.37. The Labute approximate surface area is 46.4 Å². The van der Waals surface area contributed by atoms with E-state index in [0.29, 0.717) is 0 Å². The topological polar surface area (TPSA) is 42.5 Å². The number of nitrogens with one attached hydrogen (secondary N) is 2. The molecule has 0 aliphatic carbocycles. The monoisotopic (exact) mass is 114 g/mol. The van der Waals surface area contributed by atoms with Gasteiger partial charge in [-0.15, -0.1) is 0 Å². The molecule has 0 spiro atoms. The van der Waals surface area contributed by atoms with Crippen LogP contribution in [-0.4, -0.2) is 13.1 Å².